The van der Waals surface area contributed by atoms with Crippen LogP contribution in [-0.4, -0.2) is 4.57 Å². The first kappa shape index (κ1) is 10.5. The van der Waals surface area contributed by atoms with Crippen LogP contribution in [0, 0.1) is 6.92 Å². The Labute approximate surface area is 84.2 Å². The van der Waals surface area contributed by atoms with Gasteiger partial charge in [0, 0.05) is 24.2 Å². The monoisotopic (exact) mass is 189 g/mol. The minimum atomic E-state index is 0.0595. The predicted molar refractivity (Wildman–Crippen MR) is 59.5 cm³/mol. The first-order valence-corrected chi connectivity index (χ1v) is 4.61. The standard InChI is InChI=1S/C12H15NO/c1-4-6-11-8-7-10(3)12(14)13(11)9-5-2/h4-5,7-8H,1-2,6,9H2,3H3. The summed E-state index contributed by atoms with van der Waals surface area (Å²) in [5.41, 5.74) is 1.81. The van der Waals surface area contributed by atoms with Gasteiger partial charge < -0.3 is 4.57 Å². The van der Waals surface area contributed by atoms with Crippen LogP contribution in [-0.2, 0) is 13.0 Å². The van der Waals surface area contributed by atoms with E-state index in [2.05, 4.69) is 13.2 Å². The number of hydrogen-bond acceptors (Lipinski definition) is 1. The van der Waals surface area contributed by atoms with Crippen LogP contribution in [0.3, 0.4) is 0 Å². The minimum absolute atomic E-state index is 0.0595. The van der Waals surface area contributed by atoms with Crippen LogP contribution in [0.2, 0.25) is 0 Å². The topological polar surface area (TPSA) is 22.0 Å². The molecule has 0 N–H and O–H groups in total. The van der Waals surface area contributed by atoms with Crippen LogP contribution in [0.25, 0.3) is 0 Å². The van der Waals surface area contributed by atoms with Crippen LogP contribution in [0.1, 0.15) is 11.3 Å². The lowest BCUT2D eigenvalue weighted by Gasteiger charge is -2.09. The summed E-state index contributed by atoms with van der Waals surface area (Å²) in [6.07, 6.45) is 4.24. The summed E-state index contributed by atoms with van der Waals surface area (Å²) in [5, 5.41) is 0. The average molecular weight is 189 g/mol. The maximum Gasteiger partial charge on any atom is 0.253 e. The number of nitrogens with zero attached hydrogens (tertiary/aromatic N) is 1. The van der Waals surface area contributed by atoms with Crippen LogP contribution in [0.4, 0.5) is 0 Å². The van der Waals surface area contributed by atoms with Crippen molar-refractivity contribution >= 4 is 0 Å². The van der Waals surface area contributed by atoms with Crippen molar-refractivity contribution in [1.29, 1.82) is 0 Å². The molecule has 0 aliphatic carbocycles. The van der Waals surface area contributed by atoms with Gasteiger partial charge in [-0.2, -0.15) is 0 Å². The van der Waals surface area contributed by atoms with Gasteiger partial charge in [-0.05, 0) is 13.0 Å². The number of rotatable bonds is 4. The normalized spacial score (nSPS) is 9.79. The molecule has 0 fully saturated rings. The van der Waals surface area contributed by atoms with E-state index in [1.807, 2.05) is 19.1 Å². The third-order valence-corrected chi connectivity index (χ3v) is 2.12. The van der Waals surface area contributed by atoms with Crippen molar-refractivity contribution in [3.8, 4) is 0 Å². The summed E-state index contributed by atoms with van der Waals surface area (Å²) < 4.78 is 1.73. The highest BCUT2D eigenvalue weighted by Gasteiger charge is 2.02. The Balaban J connectivity index is 3.28. The van der Waals surface area contributed by atoms with Gasteiger partial charge in [0.2, 0.25) is 0 Å². The van der Waals surface area contributed by atoms with Crippen LogP contribution >= 0.6 is 0 Å². The Kier molecular flexibility index (Phi) is 3.46. The predicted octanol–water partition coefficient (Wildman–Crippen LogP) is 2.07. The molecule has 0 aromatic carbocycles. The largest absolute Gasteiger partial charge is 0.308 e. The van der Waals surface area contributed by atoms with Gasteiger partial charge in [0.25, 0.3) is 5.56 Å². The molecule has 1 aromatic rings. The lowest BCUT2D eigenvalue weighted by molar-refractivity contribution is 0.727. The van der Waals surface area contributed by atoms with E-state index in [0.29, 0.717) is 13.0 Å². The van der Waals surface area contributed by atoms with Crippen molar-refractivity contribution in [3.05, 3.63) is 59.1 Å². The van der Waals surface area contributed by atoms with Gasteiger partial charge >= 0.3 is 0 Å². The van der Waals surface area contributed by atoms with Gasteiger partial charge in [-0.1, -0.05) is 18.2 Å². The molecule has 0 aliphatic heterocycles. The maximum atomic E-state index is 11.7. The lowest BCUT2D eigenvalue weighted by atomic mass is 10.2. The Morgan fingerprint density at radius 1 is 1.36 bits per heavy atom. The Hall–Kier alpha value is -1.57. The zero-order valence-electron chi connectivity index (χ0n) is 8.49. The van der Waals surface area contributed by atoms with Crippen molar-refractivity contribution in [3.63, 3.8) is 0 Å². The second-order valence-electron chi connectivity index (χ2n) is 3.20. The molecule has 0 saturated carbocycles. The van der Waals surface area contributed by atoms with E-state index in [-0.39, 0.29) is 5.56 Å². The van der Waals surface area contributed by atoms with E-state index in [1.165, 1.54) is 0 Å². The van der Waals surface area contributed by atoms with Crippen LogP contribution in [0.15, 0.2) is 42.2 Å². The molecule has 0 radical (unpaired) electrons. The van der Waals surface area contributed by atoms with Gasteiger partial charge in [-0.25, -0.2) is 0 Å². The van der Waals surface area contributed by atoms with E-state index in [0.717, 1.165) is 11.3 Å². The number of pyridine rings is 1. The third kappa shape index (κ3) is 2.02. The highest BCUT2D eigenvalue weighted by Crippen LogP contribution is 2.01. The fraction of sp³-hybridized carbons (Fsp3) is 0.250. The average Bonchev–Trinajstić information content (AvgIpc) is 2.18. The van der Waals surface area contributed by atoms with E-state index in [4.69, 9.17) is 0 Å². The summed E-state index contributed by atoms with van der Waals surface area (Å²) in [6, 6.07) is 3.81. The number of allylic oxidation sites excluding steroid dienone is 2. The highest BCUT2D eigenvalue weighted by atomic mass is 16.1. The quantitative estimate of drug-likeness (QED) is 0.665. The van der Waals surface area contributed by atoms with Crippen molar-refractivity contribution in [1.82, 2.24) is 4.57 Å². The molecule has 0 atom stereocenters. The van der Waals surface area contributed by atoms with E-state index >= 15 is 0 Å². The first-order valence-electron chi connectivity index (χ1n) is 4.61. The molecule has 14 heavy (non-hydrogen) atoms. The maximum absolute atomic E-state index is 11.7. The van der Waals surface area contributed by atoms with E-state index < -0.39 is 0 Å². The van der Waals surface area contributed by atoms with Crippen molar-refractivity contribution in [2.75, 3.05) is 0 Å². The minimum Gasteiger partial charge on any atom is -0.308 e. The molecule has 0 spiro atoms. The zero-order chi connectivity index (χ0) is 10.6. The van der Waals surface area contributed by atoms with Gasteiger partial charge in [-0.3, -0.25) is 4.79 Å². The summed E-state index contributed by atoms with van der Waals surface area (Å²) in [6.45, 7) is 9.69. The van der Waals surface area contributed by atoms with Gasteiger partial charge in [0.15, 0.2) is 0 Å². The van der Waals surface area contributed by atoms with Crippen LogP contribution in [0.5, 0.6) is 0 Å². The molecule has 0 saturated heterocycles. The summed E-state index contributed by atoms with van der Waals surface area (Å²) >= 11 is 0. The molecule has 1 rings (SSSR count). The second kappa shape index (κ2) is 4.61. The molecule has 0 bridgehead atoms. The molecule has 0 aliphatic rings. The van der Waals surface area contributed by atoms with Crippen molar-refractivity contribution in [2.24, 2.45) is 0 Å². The van der Waals surface area contributed by atoms with Gasteiger partial charge in [-0.15, -0.1) is 13.2 Å². The zero-order valence-corrected chi connectivity index (χ0v) is 8.49. The fourth-order valence-corrected chi connectivity index (χ4v) is 1.38. The molecular formula is C12H15NO. The lowest BCUT2D eigenvalue weighted by Crippen LogP contribution is -2.24. The number of aryl methyl sites for hydroxylation is 1. The summed E-state index contributed by atoms with van der Waals surface area (Å²) in [7, 11) is 0. The smallest absolute Gasteiger partial charge is 0.253 e. The van der Waals surface area contributed by atoms with Gasteiger partial charge in [0.05, 0.1) is 0 Å². The Bertz CT molecular complexity index is 401. The third-order valence-electron chi connectivity index (χ3n) is 2.12. The van der Waals surface area contributed by atoms with Crippen molar-refractivity contribution < 1.29 is 0 Å². The fourth-order valence-electron chi connectivity index (χ4n) is 1.38. The molecular weight excluding hydrogens is 174 g/mol. The Morgan fingerprint density at radius 3 is 2.64 bits per heavy atom. The van der Waals surface area contributed by atoms with E-state index in [9.17, 15) is 4.79 Å². The highest BCUT2D eigenvalue weighted by molar-refractivity contribution is 5.17. The van der Waals surface area contributed by atoms with Crippen molar-refractivity contribution in [2.45, 2.75) is 19.9 Å². The summed E-state index contributed by atoms with van der Waals surface area (Å²) in [4.78, 5) is 11.7. The second-order valence-corrected chi connectivity index (χ2v) is 3.20. The Morgan fingerprint density at radius 2 is 2.07 bits per heavy atom. The van der Waals surface area contributed by atoms with Gasteiger partial charge in [0.1, 0.15) is 0 Å². The molecule has 74 valence electrons. The molecule has 2 nitrogen and oxygen atoms in total. The van der Waals surface area contributed by atoms with E-state index in [1.54, 1.807) is 16.7 Å². The van der Waals surface area contributed by atoms with Crippen LogP contribution < -0.4 is 5.56 Å². The first-order chi connectivity index (χ1) is 6.70. The number of hydrogen-bond donors (Lipinski definition) is 0. The number of aromatic nitrogens is 1. The molecule has 1 heterocycles. The SMILES string of the molecule is C=CCc1ccc(C)c(=O)n1CC=C. The molecule has 1 aromatic heterocycles. The molecule has 0 unspecified atom stereocenters. The molecule has 2 heteroatoms. The molecule has 0 amide bonds. The summed E-state index contributed by atoms with van der Waals surface area (Å²) in [5.74, 6) is 0.